The van der Waals surface area contributed by atoms with Crippen LogP contribution in [0.3, 0.4) is 0 Å². The molecule has 0 unspecified atom stereocenters. The number of methoxy groups -OCH3 is 1. The maximum atomic E-state index is 12.4. The van der Waals surface area contributed by atoms with Gasteiger partial charge < -0.3 is 10.1 Å². The van der Waals surface area contributed by atoms with Gasteiger partial charge in [0.05, 0.1) is 7.11 Å². The quantitative estimate of drug-likeness (QED) is 0.837. The van der Waals surface area contributed by atoms with Crippen molar-refractivity contribution in [2.45, 2.75) is 6.54 Å². The Balaban J connectivity index is 1.65. The lowest BCUT2D eigenvalue weighted by atomic mass is 10.1. The number of rotatable bonds is 5. The Kier molecular flexibility index (Phi) is 4.90. The normalized spacial score (nSPS) is 13.0. The fraction of sp³-hybridized carbons (Fsp3) is 0.158. The van der Waals surface area contributed by atoms with Crippen LogP contribution < -0.4 is 10.1 Å². The summed E-state index contributed by atoms with van der Waals surface area (Å²) in [6.45, 7) is 4.18. The SMILES string of the molecule is C=C1c2ccccc2C(=O)N1CC(=O)NCc1cc(Br)ccc1OC. The first-order valence-electron chi connectivity index (χ1n) is 7.70. The predicted octanol–water partition coefficient (Wildman–Crippen LogP) is 3.20. The molecule has 6 heteroatoms. The molecule has 0 spiro atoms. The molecule has 1 N–H and O–H groups in total. The van der Waals surface area contributed by atoms with Gasteiger partial charge in [0.25, 0.3) is 5.91 Å². The van der Waals surface area contributed by atoms with Crippen molar-refractivity contribution in [3.63, 3.8) is 0 Å². The van der Waals surface area contributed by atoms with Crippen molar-refractivity contribution in [2.24, 2.45) is 0 Å². The molecule has 0 fully saturated rings. The summed E-state index contributed by atoms with van der Waals surface area (Å²) in [4.78, 5) is 26.1. The second kappa shape index (κ2) is 7.11. The molecule has 0 radical (unpaired) electrons. The highest BCUT2D eigenvalue weighted by atomic mass is 79.9. The van der Waals surface area contributed by atoms with Crippen LogP contribution >= 0.6 is 15.9 Å². The van der Waals surface area contributed by atoms with Crippen molar-refractivity contribution in [3.05, 3.63) is 70.2 Å². The topological polar surface area (TPSA) is 58.6 Å². The van der Waals surface area contributed by atoms with Crippen molar-refractivity contribution < 1.29 is 14.3 Å². The Morgan fingerprint density at radius 2 is 1.96 bits per heavy atom. The standard InChI is InChI=1S/C19H17BrN2O3/c1-12-15-5-3-4-6-16(15)19(24)22(12)11-18(23)21-10-13-9-14(20)7-8-17(13)25-2/h3-9H,1,10-11H2,2H3,(H,21,23). The molecule has 5 nitrogen and oxygen atoms in total. The second-order valence-electron chi connectivity index (χ2n) is 5.62. The molecule has 25 heavy (non-hydrogen) atoms. The van der Waals surface area contributed by atoms with Gasteiger partial charge >= 0.3 is 0 Å². The smallest absolute Gasteiger partial charge is 0.259 e. The van der Waals surface area contributed by atoms with Crippen LogP contribution in [0.5, 0.6) is 5.75 Å². The number of ether oxygens (including phenoxy) is 1. The van der Waals surface area contributed by atoms with Gasteiger partial charge in [-0.05, 0) is 24.3 Å². The molecule has 2 amide bonds. The molecule has 0 aromatic heterocycles. The molecule has 0 saturated carbocycles. The lowest BCUT2D eigenvalue weighted by molar-refractivity contribution is -0.121. The molecule has 0 saturated heterocycles. The van der Waals surface area contributed by atoms with E-state index >= 15 is 0 Å². The molecule has 2 aromatic rings. The number of hydrogen-bond acceptors (Lipinski definition) is 3. The van der Waals surface area contributed by atoms with Crippen LogP contribution in [0.4, 0.5) is 0 Å². The largest absolute Gasteiger partial charge is 0.496 e. The molecule has 3 rings (SSSR count). The number of fused-ring (bicyclic) bond motifs is 1. The van der Waals surface area contributed by atoms with E-state index in [9.17, 15) is 9.59 Å². The Bertz CT molecular complexity index is 828. The van der Waals surface area contributed by atoms with Gasteiger partial charge in [-0.25, -0.2) is 0 Å². The van der Waals surface area contributed by atoms with Crippen LogP contribution in [-0.4, -0.2) is 30.4 Å². The molecule has 0 atom stereocenters. The van der Waals surface area contributed by atoms with E-state index in [1.165, 1.54) is 4.90 Å². The van der Waals surface area contributed by atoms with E-state index < -0.39 is 0 Å². The number of nitrogens with one attached hydrogen (secondary N) is 1. The van der Waals surface area contributed by atoms with Crippen molar-refractivity contribution in [1.29, 1.82) is 0 Å². The summed E-state index contributed by atoms with van der Waals surface area (Å²) in [6, 6.07) is 12.8. The number of hydrogen-bond donors (Lipinski definition) is 1. The number of carbonyl (C=O) groups excluding carboxylic acids is 2. The first-order valence-corrected chi connectivity index (χ1v) is 8.50. The summed E-state index contributed by atoms with van der Waals surface area (Å²) in [5, 5.41) is 2.82. The fourth-order valence-corrected chi connectivity index (χ4v) is 3.19. The summed E-state index contributed by atoms with van der Waals surface area (Å²) >= 11 is 3.40. The van der Waals surface area contributed by atoms with E-state index in [4.69, 9.17) is 4.74 Å². The van der Waals surface area contributed by atoms with Crippen molar-refractivity contribution in [3.8, 4) is 5.75 Å². The van der Waals surface area contributed by atoms with Crippen molar-refractivity contribution in [1.82, 2.24) is 10.2 Å². The maximum absolute atomic E-state index is 12.4. The molecule has 2 aromatic carbocycles. The molecule has 1 heterocycles. The summed E-state index contributed by atoms with van der Waals surface area (Å²) < 4.78 is 6.19. The molecule has 128 valence electrons. The van der Waals surface area contributed by atoms with Gasteiger partial charge in [0.15, 0.2) is 0 Å². The fourth-order valence-electron chi connectivity index (χ4n) is 2.78. The van der Waals surface area contributed by atoms with Gasteiger partial charge in [-0.1, -0.05) is 40.7 Å². The Morgan fingerprint density at radius 1 is 1.24 bits per heavy atom. The van der Waals surface area contributed by atoms with Gasteiger partial charge in [0.1, 0.15) is 12.3 Å². The molecule has 0 aliphatic carbocycles. The minimum absolute atomic E-state index is 0.0668. The first kappa shape index (κ1) is 17.2. The zero-order valence-electron chi connectivity index (χ0n) is 13.7. The van der Waals surface area contributed by atoms with E-state index in [1.807, 2.05) is 30.3 Å². The Labute approximate surface area is 154 Å². The van der Waals surface area contributed by atoms with Crippen LogP contribution in [-0.2, 0) is 11.3 Å². The summed E-state index contributed by atoms with van der Waals surface area (Å²) in [7, 11) is 1.58. The van der Waals surface area contributed by atoms with Crippen molar-refractivity contribution >= 4 is 33.4 Å². The zero-order valence-corrected chi connectivity index (χ0v) is 15.3. The van der Waals surface area contributed by atoms with Gasteiger partial charge in [-0.15, -0.1) is 0 Å². The van der Waals surface area contributed by atoms with Crippen LogP contribution in [0.1, 0.15) is 21.5 Å². The number of amides is 2. The van der Waals surface area contributed by atoms with Crippen LogP contribution in [0, 0.1) is 0 Å². The highest BCUT2D eigenvalue weighted by Crippen LogP contribution is 2.30. The van der Waals surface area contributed by atoms with E-state index in [2.05, 4.69) is 27.8 Å². The molecule has 1 aliphatic heterocycles. The summed E-state index contributed by atoms with van der Waals surface area (Å²) in [5.74, 6) is 0.234. The highest BCUT2D eigenvalue weighted by Gasteiger charge is 2.31. The number of carbonyl (C=O) groups is 2. The third kappa shape index (κ3) is 3.44. The number of benzene rings is 2. The minimum atomic E-state index is -0.260. The average Bonchev–Trinajstić information content (AvgIpc) is 2.85. The molecule has 1 aliphatic rings. The minimum Gasteiger partial charge on any atom is -0.496 e. The lowest BCUT2D eigenvalue weighted by Crippen LogP contribution is -2.36. The first-order chi connectivity index (χ1) is 12.0. The van der Waals surface area contributed by atoms with Crippen LogP contribution in [0.2, 0.25) is 0 Å². The monoisotopic (exact) mass is 400 g/mol. The zero-order chi connectivity index (χ0) is 18.0. The lowest BCUT2D eigenvalue weighted by Gasteiger charge is -2.17. The average molecular weight is 401 g/mol. The Morgan fingerprint density at radius 3 is 2.64 bits per heavy atom. The third-order valence-corrected chi connectivity index (χ3v) is 4.55. The highest BCUT2D eigenvalue weighted by molar-refractivity contribution is 9.10. The van der Waals surface area contributed by atoms with Gasteiger partial charge in [-0.2, -0.15) is 0 Å². The maximum Gasteiger partial charge on any atom is 0.259 e. The summed E-state index contributed by atoms with van der Waals surface area (Å²) in [5.41, 5.74) is 2.75. The molecular formula is C19H17BrN2O3. The van der Waals surface area contributed by atoms with Crippen LogP contribution in [0.15, 0.2) is 53.5 Å². The van der Waals surface area contributed by atoms with Gasteiger partial charge in [0, 0.05) is 33.4 Å². The van der Waals surface area contributed by atoms with Crippen molar-refractivity contribution in [2.75, 3.05) is 13.7 Å². The molecular weight excluding hydrogens is 384 g/mol. The summed E-state index contributed by atoms with van der Waals surface area (Å²) in [6.07, 6.45) is 0. The number of nitrogens with zero attached hydrogens (tertiary/aromatic N) is 1. The van der Waals surface area contributed by atoms with E-state index in [-0.39, 0.29) is 18.4 Å². The van der Waals surface area contributed by atoms with E-state index in [0.29, 0.717) is 23.6 Å². The van der Waals surface area contributed by atoms with E-state index in [0.717, 1.165) is 15.6 Å². The third-order valence-electron chi connectivity index (χ3n) is 4.06. The van der Waals surface area contributed by atoms with Gasteiger partial charge in [-0.3, -0.25) is 14.5 Å². The van der Waals surface area contributed by atoms with Gasteiger partial charge in [0.2, 0.25) is 5.91 Å². The Hall–Kier alpha value is -2.60. The molecule has 0 bridgehead atoms. The second-order valence-corrected chi connectivity index (χ2v) is 6.53. The predicted molar refractivity (Wildman–Crippen MR) is 99.1 cm³/mol. The number of halogens is 1. The van der Waals surface area contributed by atoms with Crippen LogP contribution in [0.25, 0.3) is 5.70 Å². The van der Waals surface area contributed by atoms with E-state index in [1.54, 1.807) is 19.2 Å².